The van der Waals surface area contributed by atoms with E-state index in [1.165, 1.54) is 10.7 Å². The molecule has 2 N–H and O–H groups in total. The summed E-state index contributed by atoms with van der Waals surface area (Å²) in [6.07, 6.45) is 2.20. The van der Waals surface area contributed by atoms with Gasteiger partial charge in [-0.05, 0) is 6.92 Å². The number of nitrogen functional groups attached to an aromatic ring is 1. The van der Waals surface area contributed by atoms with Crippen molar-refractivity contribution in [3.63, 3.8) is 0 Å². The number of carbonyl (C=O) groups is 1. The minimum Gasteiger partial charge on any atom is -0.383 e. The van der Waals surface area contributed by atoms with Gasteiger partial charge < -0.3 is 5.73 Å². The van der Waals surface area contributed by atoms with E-state index in [1.807, 2.05) is 0 Å². The van der Waals surface area contributed by atoms with Gasteiger partial charge in [0.2, 0.25) is 0 Å². The molecule has 0 bridgehead atoms. The zero-order valence-corrected chi connectivity index (χ0v) is 11.4. The number of benzene rings is 1. The van der Waals surface area contributed by atoms with E-state index in [0.29, 0.717) is 29.7 Å². The van der Waals surface area contributed by atoms with E-state index >= 15 is 0 Å². The number of allylic oxidation sites excluding steroid dienone is 1. The molecule has 1 aromatic carbocycles. The molecule has 0 spiro atoms. The van der Waals surface area contributed by atoms with Crippen LogP contribution in [0.1, 0.15) is 15.9 Å². The van der Waals surface area contributed by atoms with Crippen molar-refractivity contribution in [2.45, 2.75) is 13.5 Å². The number of carbonyl (C=O) groups excluding carboxylic acids is 1. The molecule has 0 aliphatic heterocycles. The third-order valence-corrected chi connectivity index (χ3v) is 3.13. The predicted octanol–water partition coefficient (Wildman–Crippen LogP) is 2.35. The quantitative estimate of drug-likeness (QED) is 0.393. The molecule has 0 atom stereocenters. The number of nitro groups is 1. The fourth-order valence-corrected chi connectivity index (χ4v) is 2.03. The van der Waals surface area contributed by atoms with Crippen molar-refractivity contribution in [1.82, 2.24) is 9.78 Å². The molecule has 21 heavy (non-hydrogen) atoms. The van der Waals surface area contributed by atoms with Crippen molar-refractivity contribution < 1.29 is 9.72 Å². The first-order valence-electron chi connectivity index (χ1n) is 6.17. The first kappa shape index (κ1) is 14.4. The van der Waals surface area contributed by atoms with Crippen molar-refractivity contribution in [2.75, 3.05) is 5.73 Å². The van der Waals surface area contributed by atoms with Gasteiger partial charge in [-0.1, -0.05) is 18.2 Å². The lowest BCUT2D eigenvalue weighted by Crippen LogP contribution is -2.03. The smallest absolute Gasteiger partial charge is 0.272 e. The first-order valence-corrected chi connectivity index (χ1v) is 6.17. The van der Waals surface area contributed by atoms with E-state index in [-0.39, 0.29) is 17.1 Å². The molecule has 1 heterocycles. The molecule has 2 rings (SSSR count). The van der Waals surface area contributed by atoms with Crippen LogP contribution >= 0.6 is 0 Å². The Morgan fingerprint density at radius 1 is 1.52 bits per heavy atom. The number of aromatic nitrogens is 2. The van der Waals surface area contributed by atoms with E-state index in [0.717, 1.165) is 0 Å². The molecule has 2 aromatic rings. The maximum absolute atomic E-state index is 11.2. The highest BCUT2D eigenvalue weighted by Crippen LogP contribution is 2.30. The molecular weight excluding hydrogens is 272 g/mol. The summed E-state index contributed by atoms with van der Waals surface area (Å²) in [4.78, 5) is 21.8. The van der Waals surface area contributed by atoms with Crippen LogP contribution in [0.15, 0.2) is 30.9 Å². The van der Waals surface area contributed by atoms with Crippen LogP contribution in [0.2, 0.25) is 0 Å². The van der Waals surface area contributed by atoms with Gasteiger partial charge in [0.15, 0.2) is 6.29 Å². The van der Waals surface area contributed by atoms with Crippen LogP contribution in [0.3, 0.4) is 0 Å². The number of rotatable bonds is 5. The maximum Gasteiger partial charge on any atom is 0.272 e. The monoisotopic (exact) mass is 286 g/mol. The first-order chi connectivity index (χ1) is 9.99. The standard InChI is InChI=1S/C14H14N4O3/c1-3-6-17-14(15)11(8-19)13(16-17)10-5-4-9(2)12(7-10)18(20)21/h3-5,7-8H,1,6,15H2,2H3. The fourth-order valence-electron chi connectivity index (χ4n) is 2.03. The largest absolute Gasteiger partial charge is 0.383 e. The van der Waals surface area contributed by atoms with E-state index in [2.05, 4.69) is 11.7 Å². The van der Waals surface area contributed by atoms with Crippen LogP contribution in [0.5, 0.6) is 0 Å². The topological polar surface area (TPSA) is 104 Å². The molecular formula is C14H14N4O3. The van der Waals surface area contributed by atoms with Gasteiger partial charge in [-0.25, -0.2) is 4.68 Å². The van der Waals surface area contributed by atoms with Gasteiger partial charge in [-0.3, -0.25) is 14.9 Å². The van der Waals surface area contributed by atoms with Gasteiger partial charge >= 0.3 is 0 Å². The Hall–Kier alpha value is -2.96. The molecule has 0 unspecified atom stereocenters. The highest BCUT2D eigenvalue weighted by atomic mass is 16.6. The molecule has 0 radical (unpaired) electrons. The number of hydrogen-bond acceptors (Lipinski definition) is 5. The zero-order valence-electron chi connectivity index (χ0n) is 11.4. The third-order valence-electron chi connectivity index (χ3n) is 3.13. The van der Waals surface area contributed by atoms with Crippen LogP contribution in [0.25, 0.3) is 11.3 Å². The number of hydrogen-bond donors (Lipinski definition) is 1. The number of nitro benzene ring substituents is 1. The van der Waals surface area contributed by atoms with Crippen molar-refractivity contribution in [2.24, 2.45) is 0 Å². The normalized spacial score (nSPS) is 10.3. The number of aryl methyl sites for hydroxylation is 1. The molecule has 1 aromatic heterocycles. The Morgan fingerprint density at radius 2 is 2.24 bits per heavy atom. The van der Waals surface area contributed by atoms with E-state index in [4.69, 9.17) is 5.73 Å². The molecule has 108 valence electrons. The van der Waals surface area contributed by atoms with Gasteiger partial charge in [-0.15, -0.1) is 6.58 Å². The molecule has 7 heteroatoms. The number of nitrogens with zero attached hydrogens (tertiary/aromatic N) is 3. The summed E-state index contributed by atoms with van der Waals surface area (Å²) < 4.78 is 1.43. The fraction of sp³-hybridized carbons (Fsp3) is 0.143. The highest BCUT2D eigenvalue weighted by Gasteiger charge is 2.19. The van der Waals surface area contributed by atoms with Gasteiger partial charge in [-0.2, -0.15) is 5.10 Å². The van der Waals surface area contributed by atoms with Crippen LogP contribution in [0.4, 0.5) is 11.5 Å². The molecule has 7 nitrogen and oxygen atoms in total. The summed E-state index contributed by atoms with van der Waals surface area (Å²) in [5.74, 6) is 0.211. The second kappa shape index (κ2) is 5.58. The Labute approximate surface area is 120 Å². The summed E-state index contributed by atoms with van der Waals surface area (Å²) in [7, 11) is 0. The predicted molar refractivity (Wildman–Crippen MR) is 79.1 cm³/mol. The minimum absolute atomic E-state index is 0.0267. The molecule has 0 saturated heterocycles. The Kier molecular flexibility index (Phi) is 3.84. The second-order valence-corrected chi connectivity index (χ2v) is 4.49. The molecule has 0 saturated carbocycles. The Balaban J connectivity index is 2.64. The highest BCUT2D eigenvalue weighted by molar-refractivity contribution is 5.91. The van der Waals surface area contributed by atoms with Crippen LogP contribution in [0, 0.1) is 17.0 Å². The van der Waals surface area contributed by atoms with E-state index < -0.39 is 4.92 Å². The molecule has 0 amide bonds. The van der Waals surface area contributed by atoms with Gasteiger partial charge in [0, 0.05) is 17.2 Å². The van der Waals surface area contributed by atoms with E-state index in [1.54, 1.807) is 25.1 Å². The summed E-state index contributed by atoms with van der Waals surface area (Å²) in [6.45, 7) is 5.58. The lowest BCUT2D eigenvalue weighted by molar-refractivity contribution is -0.385. The Bertz CT molecular complexity index is 734. The Morgan fingerprint density at radius 3 is 2.81 bits per heavy atom. The van der Waals surface area contributed by atoms with Crippen LogP contribution < -0.4 is 5.73 Å². The van der Waals surface area contributed by atoms with Crippen molar-refractivity contribution in [3.05, 3.63) is 52.1 Å². The maximum atomic E-state index is 11.2. The molecule has 0 fully saturated rings. The van der Waals surface area contributed by atoms with Gasteiger partial charge in [0.1, 0.15) is 11.5 Å². The summed E-state index contributed by atoms with van der Waals surface area (Å²) in [5.41, 5.74) is 7.38. The van der Waals surface area contributed by atoms with Crippen LogP contribution in [-0.2, 0) is 6.54 Å². The number of aldehydes is 1. The zero-order chi connectivity index (χ0) is 15.6. The minimum atomic E-state index is -0.469. The summed E-state index contributed by atoms with van der Waals surface area (Å²) >= 11 is 0. The number of nitrogens with two attached hydrogens (primary N) is 1. The summed E-state index contributed by atoms with van der Waals surface area (Å²) in [6, 6.07) is 4.68. The third kappa shape index (κ3) is 2.53. The molecule has 0 aliphatic carbocycles. The van der Waals surface area contributed by atoms with E-state index in [9.17, 15) is 14.9 Å². The average Bonchev–Trinajstić information content (AvgIpc) is 2.76. The lowest BCUT2D eigenvalue weighted by atomic mass is 10.0. The second-order valence-electron chi connectivity index (χ2n) is 4.49. The van der Waals surface area contributed by atoms with Gasteiger partial charge in [0.25, 0.3) is 5.69 Å². The SMILES string of the molecule is C=CCn1nc(-c2ccc(C)c([N+](=O)[O-])c2)c(C=O)c1N. The number of anilines is 1. The summed E-state index contributed by atoms with van der Waals surface area (Å²) in [5, 5.41) is 15.2. The van der Waals surface area contributed by atoms with Crippen LogP contribution in [-0.4, -0.2) is 21.0 Å². The van der Waals surface area contributed by atoms with Gasteiger partial charge in [0.05, 0.1) is 17.0 Å². The van der Waals surface area contributed by atoms with Crippen molar-refractivity contribution >= 4 is 17.8 Å². The van der Waals surface area contributed by atoms with Crippen molar-refractivity contribution in [1.29, 1.82) is 0 Å². The average molecular weight is 286 g/mol. The van der Waals surface area contributed by atoms with Crippen molar-refractivity contribution in [3.8, 4) is 11.3 Å². The molecule has 0 aliphatic rings. The lowest BCUT2D eigenvalue weighted by Gasteiger charge is -2.01.